The normalized spacial score (nSPS) is 11.8. The minimum Gasteiger partial charge on any atom is -0.339 e. The molecule has 2 heterocycles. The molecule has 0 unspecified atom stereocenters. The molecule has 18 heavy (non-hydrogen) atoms. The summed E-state index contributed by atoms with van der Waals surface area (Å²) in [4.78, 5) is 16.1. The van der Waals surface area contributed by atoms with Gasteiger partial charge in [-0.15, -0.1) is 0 Å². The molecule has 0 radical (unpaired) electrons. The molecule has 0 amide bonds. The molecule has 0 saturated carbocycles. The highest BCUT2D eigenvalue weighted by Crippen LogP contribution is 2.31. The average Bonchev–Trinajstić information content (AvgIpc) is 2.75. The first kappa shape index (κ1) is 13.4. The smallest absolute Gasteiger partial charge is 0.171 e. The lowest BCUT2D eigenvalue weighted by molar-refractivity contribution is 0.537. The predicted molar refractivity (Wildman–Crippen MR) is 73.2 cm³/mol. The van der Waals surface area contributed by atoms with Crippen molar-refractivity contribution >= 4 is 23.4 Å². The van der Waals surface area contributed by atoms with Gasteiger partial charge < -0.3 is 4.98 Å². The summed E-state index contributed by atoms with van der Waals surface area (Å²) < 4.78 is 0. The maximum atomic E-state index is 6.17. The summed E-state index contributed by atoms with van der Waals surface area (Å²) in [7, 11) is 0. The maximum absolute atomic E-state index is 6.17. The van der Waals surface area contributed by atoms with Crippen LogP contribution < -0.4 is 0 Å². The molecule has 0 fully saturated rings. The average molecular weight is 283 g/mol. The van der Waals surface area contributed by atoms with Crippen LogP contribution in [0.3, 0.4) is 0 Å². The molecule has 96 valence electrons. The van der Waals surface area contributed by atoms with Gasteiger partial charge in [0.25, 0.3) is 0 Å². The van der Waals surface area contributed by atoms with Gasteiger partial charge in [-0.25, -0.2) is 15.0 Å². The Morgan fingerprint density at radius 3 is 2.56 bits per heavy atom. The molecule has 2 aromatic heterocycles. The first-order valence-electron chi connectivity index (χ1n) is 5.60. The van der Waals surface area contributed by atoms with Gasteiger partial charge in [0.2, 0.25) is 0 Å². The van der Waals surface area contributed by atoms with Gasteiger partial charge >= 0.3 is 0 Å². The van der Waals surface area contributed by atoms with Crippen LogP contribution in [0.5, 0.6) is 0 Å². The number of halogens is 1. The zero-order valence-corrected chi connectivity index (χ0v) is 12.4. The minimum atomic E-state index is -0.129. The number of H-pyrrole nitrogens is 1. The summed E-state index contributed by atoms with van der Waals surface area (Å²) in [5.41, 5.74) is 0.751. The van der Waals surface area contributed by atoms with E-state index in [1.807, 2.05) is 6.92 Å². The molecule has 6 heteroatoms. The molecular formula is C12H15ClN4S. The summed E-state index contributed by atoms with van der Waals surface area (Å²) in [6.45, 7) is 8.11. The summed E-state index contributed by atoms with van der Waals surface area (Å²) in [5.74, 6) is 0.743. The second-order valence-corrected chi connectivity index (χ2v) is 6.35. The largest absolute Gasteiger partial charge is 0.339 e. The number of hydrogen-bond donors (Lipinski definition) is 1. The Morgan fingerprint density at radius 2 is 2.00 bits per heavy atom. The molecule has 4 nitrogen and oxygen atoms in total. The van der Waals surface area contributed by atoms with Crippen molar-refractivity contribution in [1.29, 1.82) is 0 Å². The first-order chi connectivity index (χ1) is 8.38. The molecule has 1 N–H and O–H groups in total. The van der Waals surface area contributed by atoms with Crippen LogP contribution >= 0.6 is 23.4 Å². The molecule has 0 bridgehead atoms. The molecule has 2 aromatic rings. The fourth-order valence-electron chi connectivity index (χ4n) is 1.30. The van der Waals surface area contributed by atoms with E-state index in [9.17, 15) is 0 Å². The Bertz CT molecular complexity index is 546. The van der Waals surface area contributed by atoms with Gasteiger partial charge in [0.1, 0.15) is 16.0 Å². The molecule has 0 aliphatic carbocycles. The van der Waals surface area contributed by atoms with Crippen molar-refractivity contribution in [3.8, 4) is 0 Å². The highest BCUT2D eigenvalue weighted by atomic mass is 35.5. The molecule has 0 atom stereocenters. The number of imidazole rings is 1. The van der Waals surface area contributed by atoms with Crippen LogP contribution in [0.4, 0.5) is 0 Å². The van der Waals surface area contributed by atoms with E-state index in [0.717, 1.165) is 21.6 Å². The van der Waals surface area contributed by atoms with Crippen LogP contribution in [0.25, 0.3) is 0 Å². The maximum Gasteiger partial charge on any atom is 0.171 e. The van der Waals surface area contributed by atoms with Crippen molar-refractivity contribution in [3.63, 3.8) is 0 Å². The van der Waals surface area contributed by atoms with Crippen LogP contribution in [0.15, 0.2) is 22.6 Å². The molecule has 0 saturated heterocycles. The fourth-order valence-corrected chi connectivity index (χ4v) is 2.33. The van der Waals surface area contributed by atoms with Crippen molar-refractivity contribution < 1.29 is 0 Å². The van der Waals surface area contributed by atoms with Gasteiger partial charge in [-0.2, -0.15) is 0 Å². The third-order valence-corrected chi connectivity index (χ3v) is 3.75. The van der Waals surface area contributed by atoms with Gasteiger partial charge in [-0.1, -0.05) is 32.4 Å². The van der Waals surface area contributed by atoms with Crippen LogP contribution in [-0.2, 0) is 5.41 Å². The Balaban J connectivity index is 2.43. The van der Waals surface area contributed by atoms with Crippen molar-refractivity contribution in [2.24, 2.45) is 0 Å². The van der Waals surface area contributed by atoms with Crippen molar-refractivity contribution in [2.45, 2.75) is 43.3 Å². The number of nitrogens with one attached hydrogen (secondary N) is 1. The van der Waals surface area contributed by atoms with Crippen LogP contribution in [0.1, 0.15) is 32.2 Å². The van der Waals surface area contributed by atoms with Gasteiger partial charge in [0.15, 0.2) is 5.16 Å². The lowest BCUT2D eigenvalue weighted by Gasteiger charge is -2.18. The third-order valence-electron chi connectivity index (χ3n) is 2.38. The highest BCUT2D eigenvalue weighted by Gasteiger charge is 2.21. The van der Waals surface area contributed by atoms with Gasteiger partial charge in [-0.05, 0) is 18.7 Å². The second kappa shape index (κ2) is 4.90. The Kier molecular flexibility index (Phi) is 3.64. The topological polar surface area (TPSA) is 54.5 Å². The monoisotopic (exact) mass is 282 g/mol. The summed E-state index contributed by atoms with van der Waals surface area (Å²) in [6, 6.07) is 0. The predicted octanol–water partition coefficient (Wildman–Crippen LogP) is 3.61. The number of aromatic amines is 1. The Labute approximate surface area is 116 Å². The van der Waals surface area contributed by atoms with E-state index < -0.39 is 0 Å². The fraction of sp³-hybridized carbons (Fsp3) is 0.417. The van der Waals surface area contributed by atoms with E-state index in [-0.39, 0.29) is 5.41 Å². The van der Waals surface area contributed by atoms with Crippen LogP contribution in [0.2, 0.25) is 5.15 Å². The van der Waals surface area contributed by atoms with E-state index in [4.69, 9.17) is 11.6 Å². The first-order valence-corrected chi connectivity index (χ1v) is 6.79. The summed E-state index contributed by atoms with van der Waals surface area (Å²) in [6.07, 6.45) is 3.50. The van der Waals surface area contributed by atoms with Crippen LogP contribution in [-0.4, -0.2) is 19.9 Å². The van der Waals surface area contributed by atoms with E-state index in [1.165, 1.54) is 11.8 Å². The van der Waals surface area contributed by atoms with E-state index in [2.05, 4.69) is 40.7 Å². The van der Waals surface area contributed by atoms with E-state index in [0.29, 0.717) is 5.15 Å². The quantitative estimate of drug-likeness (QED) is 0.855. The van der Waals surface area contributed by atoms with Crippen molar-refractivity contribution in [3.05, 3.63) is 28.9 Å². The van der Waals surface area contributed by atoms with Crippen molar-refractivity contribution in [2.75, 3.05) is 0 Å². The lowest BCUT2D eigenvalue weighted by atomic mass is 9.96. The standard InChI is InChI=1S/C12H15ClN4S/c1-7-8(13)16-10(12(2,3)4)17-9(7)18-11-14-5-6-15-11/h5-6H,1-4H3,(H,14,15). The number of hydrogen-bond acceptors (Lipinski definition) is 4. The van der Waals surface area contributed by atoms with Crippen LogP contribution in [0, 0.1) is 6.92 Å². The number of rotatable bonds is 2. The SMILES string of the molecule is Cc1c(Cl)nc(C(C)(C)C)nc1Sc1ncc[nH]1. The molecular weight excluding hydrogens is 268 g/mol. The zero-order valence-electron chi connectivity index (χ0n) is 10.8. The molecule has 0 aromatic carbocycles. The van der Waals surface area contributed by atoms with E-state index in [1.54, 1.807) is 12.4 Å². The van der Waals surface area contributed by atoms with Crippen molar-refractivity contribution in [1.82, 2.24) is 19.9 Å². The molecule has 0 aliphatic rings. The Morgan fingerprint density at radius 1 is 1.28 bits per heavy atom. The van der Waals surface area contributed by atoms with E-state index >= 15 is 0 Å². The molecule has 0 spiro atoms. The van der Waals surface area contributed by atoms with Gasteiger partial charge in [-0.3, -0.25) is 0 Å². The number of nitrogens with zero attached hydrogens (tertiary/aromatic N) is 3. The molecule has 0 aliphatic heterocycles. The van der Waals surface area contributed by atoms with Gasteiger partial charge in [0.05, 0.1) is 0 Å². The Hall–Kier alpha value is -1.07. The third kappa shape index (κ3) is 2.84. The minimum absolute atomic E-state index is 0.129. The lowest BCUT2D eigenvalue weighted by Crippen LogP contribution is -2.17. The highest BCUT2D eigenvalue weighted by molar-refractivity contribution is 7.99. The summed E-state index contributed by atoms with van der Waals surface area (Å²) >= 11 is 7.63. The van der Waals surface area contributed by atoms with Gasteiger partial charge in [0, 0.05) is 23.4 Å². The summed E-state index contributed by atoms with van der Waals surface area (Å²) in [5, 5.41) is 2.14. The molecule has 2 rings (SSSR count). The zero-order chi connectivity index (χ0) is 13.3. The second-order valence-electron chi connectivity index (χ2n) is 5.01. The number of aromatic nitrogens is 4.